The molecule has 0 aromatic heterocycles. The molecule has 0 fully saturated rings. The smallest absolute Gasteiger partial charge is 0.117 e. The Kier molecular flexibility index (Phi) is 4.93. The van der Waals surface area contributed by atoms with Crippen LogP contribution >= 0.6 is 15.9 Å². The molecule has 16 heavy (non-hydrogen) atoms. The molecule has 0 radical (unpaired) electrons. The van der Waals surface area contributed by atoms with Crippen LogP contribution in [0, 0.1) is 6.92 Å². The number of rotatable bonds is 5. The van der Waals surface area contributed by atoms with Gasteiger partial charge in [-0.1, -0.05) is 28.1 Å². The predicted molar refractivity (Wildman–Crippen MR) is 70.6 cm³/mol. The molecule has 1 rings (SSSR count). The van der Waals surface area contributed by atoms with Gasteiger partial charge in [0.25, 0.3) is 0 Å². The second-order valence-corrected chi connectivity index (χ2v) is 5.52. The highest BCUT2D eigenvalue weighted by molar-refractivity contribution is 9.10. The van der Waals surface area contributed by atoms with Crippen molar-refractivity contribution in [3.8, 4) is 0 Å². The maximum Gasteiger partial charge on any atom is 0.117 e. The molecule has 0 spiro atoms. The second kappa shape index (κ2) is 5.78. The van der Waals surface area contributed by atoms with Gasteiger partial charge in [0.2, 0.25) is 0 Å². The highest BCUT2D eigenvalue weighted by Crippen LogP contribution is 2.19. The molecule has 0 amide bonds. The third kappa shape index (κ3) is 4.62. The molecule has 0 saturated heterocycles. The monoisotopic (exact) mass is 287 g/mol. The van der Waals surface area contributed by atoms with Gasteiger partial charge in [-0.15, -0.1) is 0 Å². The van der Waals surface area contributed by atoms with E-state index >= 15 is 0 Å². The number of alkyl halides is 1. The van der Waals surface area contributed by atoms with Crippen LogP contribution in [0.5, 0.6) is 0 Å². The van der Waals surface area contributed by atoms with Gasteiger partial charge in [-0.3, -0.25) is 0 Å². The maximum atomic E-state index is 13.2. The molecule has 0 aliphatic rings. The van der Waals surface area contributed by atoms with Gasteiger partial charge in [0.15, 0.2) is 0 Å². The fourth-order valence-corrected chi connectivity index (χ4v) is 1.94. The zero-order valence-electron chi connectivity index (χ0n) is 10.1. The lowest BCUT2D eigenvalue weighted by molar-refractivity contribution is 0.211. The van der Waals surface area contributed by atoms with E-state index in [4.69, 9.17) is 0 Å². The molecular weight excluding hydrogens is 269 g/mol. The molecule has 0 unspecified atom stereocenters. The van der Waals surface area contributed by atoms with Crippen molar-refractivity contribution < 1.29 is 4.39 Å². The standard InChI is InChI=1S/C13H19BrFN/c1-10-11(5-4-6-12(10)14)7-8-16-9-13(2,3)15/h4-6,16H,7-9H2,1-3H3. The fraction of sp³-hybridized carbons (Fsp3) is 0.538. The van der Waals surface area contributed by atoms with Gasteiger partial charge in [-0.2, -0.15) is 0 Å². The number of hydrogen-bond donors (Lipinski definition) is 1. The van der Waals surface area contributed by atoms with E-state index in [1.165, 1.54) is 11.1 Å². The second-order valence-electron chi connectivity index (χ2n) is 4.67. The van der Waals surface area contributed by atoms with Crippen molar-refractivity contribution in [3.05, 3.63) is 33.8 Å². The van der Waals surface area contributed by atoms with Crippen LogP contribution in [-0.2, 0) is 6.42 Å². The van der Waals surface area contributed by atoms with E-state index in [0.717, 1.165) is 17.4 Å². The molecule has 0 heterocycles. The van der Waals surface area contributed by atoms with Gasteiger partial charge in [0, 0.05) is 11.0 Å². The van der Waals surface area contributed by atoms with Crippen LogP contribution in [-0.4, -0.2) is 18.8 Å². The Balaban J connectivity index is 2.41. The van der Waals surface area contributed by atoms with Crippen LogP contribution in [0.3, 0.4) is 0 Å². The Morgan fingerprint density at radius 2 is 2.06 bits per heavy atom. The third-order valence-corrected chi connectivity index (χ3v) is 3.36. The van der Waals surface area contributed by atoms with Crippen molar-refractivity contribution >= 4 is 15.9 Å². The highest BCUT2D eigenvalue weighted by atomic mass is 79.9. The fourth-order valence-electron chi connectivity index (χ4n) is 1.53. The van der Waals surface area contributed by atoms with E-state index in [-0.39, 0.29) is 0 Å². The molecule has 0 atom stereocenters. The number of hydrogen-bond acceptors (Lipinski definition) is 1. The molecule has 3 heteroatoms. The van der Waals surface area contributed by atoms with Crippen LogP contribution in [0.25, 0.3) is 0 Å². The summed E-state index contributed by atoms with van der Waals surface area (Å²) >= 11 is 3.51. The first-order chi connectivity index (χ1) is 7.40. The third-order valence-electron chi connectivity index (χ3n) is 2.50. The molecule has 1 nitrogen and oxygen atoms in total. The normalized spacial score (nSPS) is 11.8. The minimum atomic E-state index is -1.13. The van der Waals surface area contributed by atoms with Crippen LogP contribution in [0.2, 0.25) is 0 Å². The SMILES string of the molecule is Cc1c(Br)cccc1CCNCC(C)(C)F. The predicted octanol–water partition coefficient (Wildman–Crippen LogP) is 3.64. The van der Waals surface area contributed by atoms with Crippen molar-refractivity contribution in [2.75, 3.05) is 13.1 Å². The summed E-state index contributed by atoms with van der Waals surface area (Å²) < 4.78 is 14.3. The Morgan fingerprint density at radius 3 is 2.69 bits per heavy atom. The Hall–Kier alpha value is -0.410. The number of benzene rings is 1. The average Bonchev–Trinajstić information content (AvgIpc) is 2.17. The van der Waals surface area contributed by atoms with Crippen molar-refractivity contribution in [3.63, 3.8) is 0 Å². The quantitative estimate of drug-likeness (QED) is 0.816. The summed E-state index contributed by atoms with van der Waals surface area (Å²) in [6.07, 6.45) is 0.932. The van der Waals surface area contributed by atoms with Crippen molar-refractivity contribution in [1.29, 1.82) is 0 Å². The minimum absolute atomic E-state index is 0.403. The van der Waals surface area contributed by atoms with E-state index in [0.29, 0.717) is 6.54 Å². The first-order valence-electron chi connectivity index (χ1n) is 5.54. The molecule has 0 aliphatic heterocycles. The van der Waals surface area contributed by atoms with Crippen LogP contribution < -0.4 is 5.32 Å². The van der Waals surface area contributed by atoms with Crippen LogP contribution in [0.15, 0.2) is 22.7 Å². The molecular formula is C13H19BrFN. The lowest BCUT2D eigenvalue weighted by Gasteiger charge is -2.15. The summed E-state index contributed by atoms with van der Waals surface area (Å²) in [5.74, 6) is 0. The van der Waals surface area contributed by atoms with Crippen LogP contribution in [0.1, 0.15) is 25.0 Å². The molecule has 0 bridgehead atoms. The number of nitrogens with one attached hydrogen (secondary N) is 1. The maximum absolute atomic E-state index is 13.2. The summed E-state index contributed by atoms with van der Waals surface area (Å²) in [5.41, 5.74) is 1.44. The summed E-state index contributed by atoms with van der Waals surface area (Å²) in [5, 5.41) is 3.13. The van der Waals surface area contributed by atoms with Crippen LogP contribution in [0.4, 0.5) is 4.39 Å². The van der Waals surface area contributed by atoms with E-state index < -0.39 is 5.67 Å². The van der Waals surface area contributed by atoms with Gasteiger partial charge in [0.1, 0.15) is 5.67 Å². The molecule has 90 valence electrons. The summed E-state index contributed by atoms with van der Waals surface area (Å²) in [7, 11) is 0. The Labute approximate surface area is 106 Å². The summed E-state index contributed by atoms with van der Waals surface area (Å²) in [6, 6.07) is 6.19. The average molecular weight is 288 g/mol. The topological polar surface area (TPSA) is 12.0 Å². The largest absolute Gasteiger partial charge is 0.313 e. The Bertz CT molecular complexity index is 344. The van der Waals surface area contributed by atoms with Crippen molar-refractivity contribution in [2.45, 2.75) is 32.9 Å². The molecule has 1 aromatic rings. The van der Waals surface area contributed by atoms with E-state index in [9.17, 15) is 4.39 Å². The van der Waals surface area contributed by atoms with Gasteiger partial charge >= 0.3 is 0 Å². The van der Waals surface area contributed by atoms with Gasteiger partial charge in [0.05, 0.1) is 0 Å². The molecule has 0 saturated carbocycles. The first kappa shape index (κ1) is 13.7. The lowest BCUT2D eigenvalue weighted by atomic mass is 10.1. The van der Waals surface area contributed by atoms with Gasteiger partial charge < -0.3 is 5.32 Å². The molecule has 1 aromatic carbocycles. The summed E-state index contributed by atoms with van der Waals surface area (Å²) in [4.78, 5) is 0. The van der Waals surface area contributed by atoms with E-state index in [1.807, 2.05) is 12.1 Å². The zero-order valence-corrected chi connectivity index (χ0v) is 11.7. The zero-order chi connectivity index (χ0) is 12.2. The van der Waals surface area contributed by atoms with Crippen molar-refractivity contribution in [1.82, 2.24) is 5.32 Å². The van der Waals surface area contributed by atoms with E-state index in [2.05, 4.69) is 34.2 Å². The van der Waals surface area contributed by atoms with Gasteiger partial charge in [-0.05, 0) is 50.9 Å². The molecule has 1 N–H and O–H groups in total. The van der Waals surface area contributed by atoms with Gasteiger partial charge in [-0.25, -0.2) is 4.39 Å². The first-order valence-corrected chi connectivity index (χ1v) is 6.33. The lowest BCUT2D eigenvalue weighted by Crippen LogP contribution is -2.32. The summed E-state index contributed by atoms with van der Waals surface area (Å²) in [6.45, 7) is 6.48. The van der Waals surface area contributed by atoms with Crippen molar-refractivity contribution in [2.24, 2.45) is 0 Å². The minimum Gasteiger partial charge on any atom is -0.313 e. The van der Waals surface area contributed by atoms with E-state index in [1.54, 1.807) is 13.8 Å². The molecule has 0 aliphatic carbocycles. The number of halogens is 2. The Morgan fingerprint density at radius 1 is 1.38 bits per heavy atom. The highest BCUT2D eigenvalue weighted by Gasteiger charge is 2.13.